The molecule has 0 radical (unpaired) electrons. The van der Waals surface area contributed by atoms with E-state index in [0.29, 0.717) is 17.0 Å². The molecule has 164 valence electrons. The predicted octanol–water partition coefficient (Wildman–Crippen LogP) is 3.68. The Morgan fingerprint density at radius 1 is 0.844 bits per heavy atom. The Labute approximate surface area is 187 Å². The molecule has 1 aliphatic heterocycles. The van der Waals surface area contributed by atoms with Crippen LogP contribution in [0.5, 0.6) is 11.5 Å². The van der Waals surface area contributed by atoms with Crippen LogP contribution in [0.2, 0.25) is 0 Å². The van der Waals surface area contributed by atoms with Gasteiger partial charge in [-0.3, -0.25) is 9.59 Å². The first-order valence-electron chi connectivity index (χ1n) is 10.5. The van der Waals surface area contributed by atoms with E-state index in [2.05, 4.69) is 15.5 Å². The van der Waals surface area contributed by atoms with Crippen molar-refractivity contribution in [3.63, 3.8) is 0 Å². The van der Waals surface area contributed by atoms with Crippen LogP contribution in [0.3, 0.4) is 0 Å². The second-order valence-electron chi connectivity index (χ2n) is 7.32. The van der Waals surface area contributed by atoms with Crippen LogP contribution < -0.4 is 20.3 Å². The lowest BCUT2D eigenvalue weighted by molar-refractivity contribution is -0.115. The zero-order valence-corrected chi connectivity index (χ0v) is 17.6. The van der Waals surface area contributed by atoms with Gasteiger partial charge in [0.15, 0.2) is 0 Å². The van der Waals surface area contributed by atoms with Gasteiger partial charge >= 0.3 is 0 Å². The summed E-state index contributed by atoms with van der Waals surface area (Å²) in [5.74, 6) is 0.737. The molecule has 0 saturated carbocycles. The van der Waals surface area contributed by atoms with E-state index in [0.717, 1.165) is 37.7 Å². The smallest absolute Gasteiger partial charge is 0.251 e. The van der Waals surface area contributed by atoms with E-state index >= 15 is 0 Å². The van der Waals surface area contributed by atoms with E-state index in [9.17, 15) is 9.59 Å². The third-order valence-electron chi connectivity index (χ3n) is 5.03. The zero-order chi connectivity index (χ0) is 22.2. The van der Waals surface area contributed by atoms with Crippen LogP contribution in [-0.2, 0) is 9.53 Å². The van der Waals surface area contributed by atoms with Gasteiger partial charge in [0, 0.05) is 30.0 Å². The molecule has 0 bridgehead atoms. The maximum Gasteiger partial charge on any atom is 0.251 e. The molecule has 2 amide bonds. The number of carbonyl (C=O) groups excluding carboxylic acids is 2. The maximum absolute atomic E-state index is 12.3. The summed E-state index contributed by atoms with van der Waals surface area (Å²) in [5.41, 5.74) is 2.23. The number of hydrogen-bond donors (Lipinski definition) is 2. The second-order valence-corrected chi connectivity index (χ2v) is 7.32. The van der Waals surface area contributed by atoms with Gasteiger partial charge in [0.05, 0.1) is 19.8 Å². The van der Waals surface area contributed by atoms with Crippen molar-refractivity contribution in [1.29, 1.82) is 0 Å². The number of para-hydroxylation sites is 1. The van der Waals surface area contributed by atoms with Gasteiger partial charge in [-0.1, -0.05) is 18.2 Å². The number of ether oxygens (including phenoxy) is 2. The summed E-state index contributed by atoms with van der Waals surface area (Å²) in [4.78, 5) is 26.8. The van der Waals surface area contributed by atoms with E-state index in [-0.39, 0.29) is 18.4 Å². The highest BCUT2D eigenvalue weighted by Gasteiger charge is 2.12. The van der Waals surface area contributed by atoms with Crippen molar-refractivity contribution in [2.24, 2.45) is 0 Å². The Morgan fingerprint density at radius 3 is 2.19 bits per heavy atom. The van der Waals surface area contributed by atoms with Gasteiger partial charge in [0.1, 0.15) is 11.5 Å². The summed E-state index contributed by atoms with van der Waals surface area (Å²) in [6.07, 6.45) is 0. The van der Waals surface area contributed by atoms with E-state index in [1.165, 1.54) is 0 Å². The molecule has 0 aliphatic carbocycles. The van der Waals surface area contributed by atoms with E-state index in [1.807, 2.05) is 54.6 Å². The lowest BCUT2D eigenvalue weighted by Crippen LogP contribution is -2.36. The Hall–Kier alpha value is -3.84. The Morgan fingerprint density at radius 2 is 1.50 bits per heavy atom. The number of morpholine rings is 1. The molecule has 0 atom stereocenters. The summed E-state index contributed by atoms with van der Waals surface area (Å²) in [5, 5.41) is 5.44. The van der Waals surface area contributed by atoms with E-state index in [4.69, 9.17) is 9.47 Å². The largest absolute Gasteiger partial charge is 0.457 e. The SMILES string of the molecule is O=C(CNC(=O)c1ccc(Oc2ccccc2)cc1)Nc1ccc(N2CCOCC2)cc1. The minimum atomic E-state index is -0.325. The van der Waals surface area contributed by atoms with Crippen LogP contribution in [0, 0.1) is 0 Å². The predicted molar refractivity (Wildman–Crippen MR) is 123 cm³/mol. The summed E-state index contributed by atoms with van der Waals surface area (Å²) >= 11 is 0. The molecular weight excluding hydrogens is 406 g/mol. The minimum absolute atomic E-state index is 0.119. The fourth-order valence-electron chi connectivity index (χ4n) is 3.34. The average Bonchev–Trinajstić information content (AvgIpc) is 2.85. The first kappa shape index (κ1) is 21.4. The van der Waals surface area contributed by atoms with Crippen molar-refractivity contribution in [3.05, 3.63) is 84.4 Å². The number of nitrogens with one attached hydrogen (secondary N) is 2. The number of anilines is 2. The molecule has 1 saturated heterocycles. The molecular formula is C25H25N3O4. The van der Waals surface area contributed by atoms with Gasteiger partial charge in [0.2, 0.25) is 5.91 Å². The van der Waals surface area contributed by atoms with Crippen molar-refractivity contribution in [3.8, 4) is 11.5 Å². The molecule has 1 aliphatic rings. The third-order valence-corrected chi connectivity index (χ3v) is 5.03. The fraction of sp³-hybridized carbons (Fsp3) is 0.200. The van der Waals surface area contributed by atoms with Crippen LogP contribution >= 0.6 is 0 Å². The molecule has 0 unspecified atom stereocenters. The van der Waals surface area contributed by atoms with Crippen LogP contribution in [0.4, 0.5) is 11.4 Å². The van der Waals surface area contributed by atoms with Crippen molar-refractivity contribution in [1.82, 2.24) is 5.32 Å². The first-order valence-corrected chi connectivity index (χ1v) is 10.5. The molecule has 3 aromatic rings. The van der Waals surface area contributed by atoms with Crippen molar-refractivity contribution in [2.45, 2.75) is 0 Å². The highest BCUT2D eigenvalue weighted by Crippen LogP contribution is 2.21. The Kier molecular flexibility index (Phi) is 6.99. The molecule has 0 spiro atoms. The number of nitrogens with zero attached hydrogens (tertiary/aromatic N) is 1. The van der Waals surface area contributed by atoms with Crippen molar-refractivity contribution >= 4 is 23.2 Å². The van der Waals surface area contributed by atoms with Gasteiger partial charge in [-0.05, 0) is 60.7 Å². The second kappa shape index (κ2) is 10.5. The molecule has 0 aromatic heterocycles. The molecule has 7 heteroatoms. The molecule has 1 fully saturated rings. The van der Waals surface area contributed by atoms with Crippen LogP contribution in [0.1, 0.15) is 10.4 Å². The zero-order valence-electron chi connectivity index (χ0n) is 17.6. The van der Waals surface area contributed by atoms with E-state index < -0.39 is 0 Å². The lowest BCUT2D eigenvalue weighted by Gasteiger charge is -2.28. The van der Waals surface area contributed by atoms with Crippen LogP contribution in [0.15, 0.2) is 78.9 Å². The standard InChI is InChI=1S/C25H25N3O4/c29-24(27-20-8-10-21(11-9-20)28-14-16-31-17-15-28)18-26-25(30)19-6-12-23(13-7-19)32-22-4-2-1-3-5-22/h1-13H,14-18H2,(H,26,30)(H,27,29). The average molecular weight is 431 g/mol. The maximum atomic E-state index is 12.3. The molecule has 4 rings (SSSR count). The van der Waals surface area contributed by atoms with Gasteiger partial charge in [-0.15, -0.1) is 0 Å². The summed E-state index contributed by atoms with van der Waals surface area (Å²) in [6.45, 7) is 3.04. The normalized spacial score (nSPS) is 13.3. The topological polar surface area (TPSA) is 79.9 Å². The van der Waals surface area contributed by atoms with Gasteiger partial charge < -0.3 is 25.0 Å². The highest BCUT2D eigenvalue weighted by atomic mass is 16.5. The monoisotopic (exact) mass is 431 g/mol. The Balaban J connectivity index is 1.24. The quantitative estimate of drug-likeness (QED) is 0.597. The van der Waals surface area contributed by atoms with Gasteiger partial charge in [-0.2, -0.15) is 0 Å². The molecule has 7 nitrogen and oxygen atoms in total. The Bertz CT molecular complexity index is 1030. The first-order chi connectivity index (χ1) is 15.7. The number of amides is 2. The third kappa shape index (κ3) is 5.86. The number of hydrogen-bond acceptors (Lipinski definition) is 5. The summed E-state index contributed by atoms with van der Waals surface area (Å²) in [7, 11) is 0. The highest BCUT2D eigenvalue weighted by molar-refractivity contribution is 5.99. The number of rotatable bonds is 7. The molecule has 32 heavy (non-hydrogen) atoms. The summed E-state index contributed by atoms with van der Waals surface area (Å²) in [6, 6.07) is 23.8. The van der Waals surface area contributed by atoms with Crippen molar-refractivity contribution in [2.75, 3.05) is 43.1 Å². The lowest BCUT2D eigenvalue weighted by atomic mass is 10.2. The molecule has 2 N–H and O–H groups in total. The van der Waals surface area contributed by atoms with Crippen molar-refractivity contribution < 1.29 is 19.1 Å². The number of benzene rings is 3. The minimum Gasteiger partial charge on any atom is -0.457 e. The fourth-order valence-corrected chi connectivity index (χ4v) is 3.34. The molecule has 3 aromatic carbocycles. The molecule has 1 heterocycles. The van der Waals surface area contributed by atoms with Gasteiger partial charge in [0.25, 0.3) is 5.91 Å². The van der Waals surface area contributed by atoms with Gasteiger partial charge in [-0.25, -0.2) is 0 Å². The van der Waals surface area contributed by atoms with Crippen LogP contribution in [0.25, 0.3) is 0 Å². The number of carbonyl (C=O) groups is 2. The van der Waals surface area contributed by atoms with E-state index in [1.54, 1.807) is 24.3 Å². The van der Waals surface area contributed by atoms with Crippen LogP contribution in [-0.4, -0.2) is 44.7 Å². The summed E-state index contributed by atoms with van der Waals surface area (Å²) < 4.78 is 11.1.